The third-order valence-electron chi connectivity index (χ3n) is 3.05. The highest BCUT2D eigenvalue weighted by molar-refractivity contribution is 7.11. The molecule has 0 saturated carbocycles. The van der Waals surface area contributed by atoms with Crippen molar-refractivity contribution in [1.82, 2.24) is 9.88 Å². The molecule has 0 saturated heterocycles. The highest BCUT2D eigenvalue weighted by Crippen LogP contribution is 2.26. The molecule has 0 fully saturated rings. The van der Waals surface area contributed by atoms with Gasteiger partial charge in [-0.3, -0.25) is 10.2 Å². The summed E-state index contributed by atoms with van der Waals surface area (Å²) >= 11 is 1.58. The lowest BCUT2D eigenvalue weighted by molar-refractivity contribution is -0.132. The number of hydrogen-bond acceptors (Lipinski definition) is 4. The van der Waals surface area contributed by atoms with Crippen LogP contribution in [0.5, 0.6) is 0 Å². The van der Waals surface area contributed by atoms with Crippen LogP contribution in [0.3, 0.4) is 0 Å². The summed E-state index contributed by atoms with van der Waals surface area (Å²) in [4.78, 5) is 19.6. The topological polar surface area (TPSA) is 83.1 Å². The molecule has 104 valence electrons. The minimum Gasteiger partial charge on any atom is -0.387 e. The van der Waals surface area contributed by atoms with Crippen LogP contribution in [-0.2, 0) is 24.2 Å². The second-order valence-electron chi connectivity index (χ2n) is 5.34. The fourth-order valence-corrected chi connectivity index (χ4v) is 3.33. The van der Waals surface area contributed by atoms with E-state index in [-0.39, 0.29) is 11.7 Å². The van der Waals surface area contributed by atoms with Gasteiger partial charge in [0.1, 0.15) is 5.01 Å². The Bertz CT molecular complexity index is 495. The molecular formula is C13H20N4OS. The Morgan fingerprint density at radius 2 is 2.32 bits per heavy atom. The number of fused-ring (bicyclic) bond motifs is 1. The van der Waals surface area contributed by atoms with E-state index in [0.29, 0.717) is 25.3 Å². The van der Waals surface area contributed by atoms with Crippen LogP contribution in [0.15, 0.2) is 0 Å². The summed E-state index contributed by atoms with van der Waals surface area (Å²) in [7, 11) is 0. The second kappa shape index (κ2) is 5.69. The monoisotopic (exact) mass is 280 g/mol. The molecule has 0 aliphatic carbocycles. The van der Waals surface area contributed by atoms with Crippen molar-refractivity contribution in [2.45, 2.75) is 39.7 Å². The van der Waals surface area contributed by atoms with E-state index in [2.05, 4.69) is 18.8 Å². The SMILES string of the molecule is CC(C)CC(=O)N1CCc2nc(CC(=N)N)sc2C1. The van der Waals surface area contributed by atoms with Crippen LogP contribution in [0.1, 0.15) is 35.8 Å². The van der Waals surface area contributed by atoms with Crippen molar-refractivity contribution in [3.8, 4) is 0 Å². The first-order valence-corrected chi connectivity index (χ1v) is 7.35. The molecule has 0 atom stereocenters. The summed E-state index contributed by atoms with van der Waals surface area (Å²) in [6, 6.07) is 0. The molecule has 0 unspecified atom stereocenters. The van der Waals surface area contributed by atoms with Gasteiger partial charge in [0.2, 0.25) is 5.91 Å². The van der Waals surface area contributed by atoms with Crippen LogP contribution in [0, 0.1) is 11.3 Å². The molecule has 1 aromatic heterocycles. The standard InChI is InChI=1S/C13H20N4OS/c1-8(2)5-13(18)17-4-3-9-10(7-17)19-12(16-9)6-11(14)15/h8H,3-7H2,1-2H3,(H3,14,15). The molecule has 5 nitrogen and oxygen atoms in total. The normalized spacial score (nSPS) is 14.6. The molecule has 2 rings (SSSR count). The molecule has 3 N–H and O–H groups in total. The maximum Gasteiger partial charge on any atom is 0.223 e. The summed E-state index contributed by atoms with van der Waals surface area (Å²) in [5, 5.41) is 8.19. The molecule has 0 spiro atoms. The summed E-state index contributed by atoms with van der Waals surface area (Å²) in [5.41, 5.74) is 6.48. The number of aromatic nitrogens is 1. The first-order chi connectivity index (χ1) is 8.95. The smallest absolute Gasteiger partial charge is 0.223 e. The summed E-state index contributed by atoms with van der Waals surface area (Å²) in [6.45, 7) is 5.54. The first-order valence-electron chi connectivity index (χ1n) is 6.54. The highest BCUT2D eigenvalue weighted by Gasteiger charge is 2.24. The van der Waals surface area contributed by atoms with E-state index in [0.717, 1.165) is 28.5 Å². The van der Waals surface area contributed by atoms with Gasteiger partial charge in [-0.15, -0.1) is 11.3 Å². The molecule has 1 aliphatic heterocycles. The van der Waals surface area contributed by atoms with Crippen molar-refractivity contribution in [3.63, 3.8) is 0 Å². The second-order valence-corrected chi connectivity index (χ2v) is 6.51. The molecule has 0 bridgehead atoms. The van der Waals surface area contributed by atoms with Crippen LogP contribution in [0.25, 0.3) is 0 Å². The molecule has 19 heavy (non-hydrogen) atoms. The van der Waals surface area contributed by atoms with Gasteiger partial charge in [0.15, 0.2) is 0 Å². The van der Waals surface area contributed by atoms with Gasteiger partial charge in [-0.25, -0.2) is 4.98 Å². The molecular weight excluding hydrogens is 260 g/mol. The minimum absolute atomic E-state index is 0.138. The van der Waals surface area contributed by atoms with Gasteiger partial charge < -0.3 is 10.6 Å². The van der Waals surface area contributed by atoms with Gasteiger partial charge in [-0.1, -0.05) is 13.8 Å². The third kappa shape index (κ3) is 3.53. The van der Waals surface area contributed by atoms with Crippen molar-refractivity contribution >= 4 is 23.1 Å². The quantitative estimate of drug-likeness (QED) is 0.648. The van der Waals surface area contributed by atoms with E-state index in [1.54, 1.807) is 11.3 Å². The zero-order valence-electron chi connectivity index (χ0n) is 11.4. The number of nitrogens with zero attached hydrogens (tertiary/aromatic N) is 2. The van der Waals surface area contributed by atoms with E-state index < -0.39 is 0 Å². The number of carbonyl (C=O) groups is 1. The molecule has 1 aliphatic rings. The van der Waals surface area contributed by atoms with Gasteiger partial charge in [0.05, 0.1) is 24.5 Å². The van der Waals surface area contributed by atoms with Crippen molar-refractivity contribution < 1.29 is 4.79 Å². The van der Waals surface area contributed by atoms with Crippen LogP contribution in [0.4, 0.5) is 0 Å². The van der Waals surface area contributed by atoms with Crippen molar-refractivity contribution in [1.29, 1.82) is 5.41 Å². The van der Waals surface area contributed by atoms with Gasteiger partial charge in [-0.2, -0.15) is 0 Å². The van der Waals surface area contributed by atoms with Crippen LogP contribution < -0.4 is 5.73 Å². The van der Waals surface area contributed by atoms with Crippen LogP contribution >= 0.6 is 11.3 Å². The van der Waals surface area contributed by atoms with Crippen LogP contribution in [-0.4, -0.2) is 28.2 Å². The number of hydrogen-bond donors (Lipinski definition) is 2. The Hall–Kier alpha value is -1.43. The maximum absolute atomic E-state index is 12.1. The number of amides is 1. The Morgan fingerprint density at radius 3 is 2.95 bits per heavy atom. The number of amidine groups is 1. The van der Waals surface area contributed by atoms with Crippen molar-refractivity contribution in [2.75, 3.05) is 6.54 Å². The van der Waals surface area contributed by atoms with Crippen molar-refractivity contribution in [2.24, 2.45) is 11.7 Å². The Morgan fingerprint density at radius 1 is 1.58 bits per heavy atom. The zero-order chi connectivity index (χ0) is 14.0. The Kier molecular flexibility index (Phi) is 4.19. The predicted molar refractivity (Wildman–Crippen MR) is 76.3 cm³/mol. The number of nitrogens with two attached hydrogens (primary N) is 1. The first kappa shape index (κ1) is 14.0. The van der Waals surface area contributed by atoms with E-state index in [1.807, 2.05) is 4.90 Å². The fourth-order valence-electron chi connectivity index (χ4n) is 2.18. The number of thiazole rings is 1. The Labute approximate surface area is 117 Å². The average molecular weight is 280 g/mol. The van der Waals surface area contributed by atoms with Gasteiger partial charge in [0, 0.05) is 24.3 Å². The highest BCUT2D eigenvalue weighted by atomic mass is 32.1. The summed E-state index contributed by atoms with van der Waals surface area (Å²) in [5.74, 6) is 0.754. The lowest BCUT2D eigenvalue weighted by Gasteiger charge is -2.26. The van der Waals surface area contributed by atoms with E-state index in [9.17, 15) is 4.79 Å². The summed E-state index contributed by atoms with van der Waals surface area (Å²) < 4.78 is 0. The number of rotatable bonds is 4. The number of nitrogens with one attached hydrogen (secondary N) is 1. The maximum atomic E-state index is 12.1. The third-order valence-corrected chi connectivity index (χ3v) is 4.14. The molecule has 1 amide bonds. The average Bonchev–Trinajstić information content (AvgIpc) is 2.67. The number of carbonyl (C=O) groups excluding carboxylic acids is 1. The molecule has 6 heteroatoms. The van der Waals surface area contributed by atoms with Gasteiger partial charge >= 0.3 is 0 Å². The van der Waals surface area contributed by atoms with E-state index in [4.69, 9.17) is 11.1 Å². The lowest BCUT2D eigenvalue weighted by atomic mass is 10.1. The zero-order valence-corrected chi connectivity index (χ0v) is 12.2. The molecule has 0 radical (unpaired) electrons. The molecule has 1 aromatic rings. The predicted octanol–water partition coefficient (Wildman–Crippen LogP) is 1.55. The van der Waals surface area contributed by atoms with Crippen LogP contribution in [0.2, 0.25) is 0 Å². The van der Waals surface area contributed by atoms with Gasteiger partial charge in [-0.05, 0) is 5.92 Å². The van der Waals surface area contributed by atoms with E-state index in [1.165, 1.54) is 0 Å². The molecule has 2 heterocycles. The molecule has 0 aromatic carbocycles. The van der Waals surface area contributed by atoms with E-state index >= 15 is 0 Å². The van der Waals surface area contributed by atoms with Gasteiger partial charge in [0.25, 0.3) is 0 Å². The van der Waals surface area contributed by atoms with Crippen molar-refractivity contribution in [3.05, 3.63) is 15.6 Å². The summed E-state index contributed by atoms with van der Waals surface area (Å²) in [6.07, 6.45) is 1.83. The lowest BCUT2D eigenvalue weighted by Crippen LogP contribution is -2.36. The fraction of sp³-hybridized carbons (Fsp3) is 0.615. The largest absolute Gasteiger partial charge is 0.387 e. The Balaban J connectivity index is 2.05. The minimum atomic E-state index is 0.138.